The van der Waals surface area contributed by atoms with Gasteiger partial charge in [-0.3, -0.25) is 14.4 Å². The van der Waals surface area contributed by atoms with Crippen LogP contribution in [0.3, 0.4) is 0 Å². The molecule has 0 aliphatic heterocycles. The highest BCUT2D eigenvalue weighted by atomic mass is 19.1. The average Bonchev–Trinajstić information content (AvgIpc) is 2.94. The number of halogens is 1. The van der Waals surface area contributed by atoms with Crippen molar-refractivity contribution < 1.29 is 33.7 Å². The van der Waals surface area contributed by atoms with Gasteiger partial charge in [-0.25, -0.2) is 4.39 Å². The molecule has 170 valence electrons. The Morgan fingerprint density at radius 3 is 2.58 bits per heavy atom. The van der Waals surface area contributed by atoms with E-state index in [-0.39, 0.29) is 24.5 Å². The number of ether oxygens (including phenoxy) is 1. The van der Waals surface area contributed by atoms with Gasteiger partial charge in [-0.1, -0.05) is 18.6 Å². The van der Waals surface area contributed by atoms with Crippen molar-refractivity contribution in [3.8, 4) is 0 Å². The fraction of sp³-hybridized carbons (Fsp3) is 0.708. The molecule has 0 aromatic heterocycles. The van der Waals surface area contributed by atoms with Crippen molar-refractivity contribution in [3.63, 3.8) is 0 Å². The minimum atomic E-state index is -2.01. The molecule has 2 N–H and O–H groups in total. The average molecular weight is 435 g/mol. The van der Waals surface area contributed by atoms with Crippen LogP contribution in [-0.4, -0.2) is 51.2 Å². The van der Waals surface area contributed by atoms with E-state index in [4.69, 9.17) is 4.74 Å². The van der Waals surface area contributed by atoms with Gasteiger partial charge in [0.25, 0.3) is 0 Å². The standard InChI is InChI=1S/C24H31FO6/c1-13(31-14(2)26)20(29)23(30)10-8-17-18-6-5-15-11-16(27)7-9-21(15,3)24(18,25)19(28)12-22(17,23)4/h7,9,11,13,17-19,28,30H,5-6,8,10,12H2,1-4H3/t13-,17+,18+,19-,21-,22-,23+,24+/m0/s1. The van der Waals surface area contributed by atoms with E-state index in [0.29, 0.717) is 24.8 Å². The fourth-order valence-corrected chi connectivity index (χ4v) is 7.26. The van der Waals surface area contributed by atoms with Crippen LogP contribution in [0.25, 0.3) is 0 Å². The third-order valence-corrected chi connectivity index (χ3v) is 8.91. The van der Waals surface area contributed by atoms with Crippen LogP contribution in [0.15, 0.2) is 23.8 Å². The molecular weight excluding hydrogens is 403 g/mol. The summed E-state index contributed by atoms with van der Waals surface area (Å²) in [4.78, 5) is 36.4. The zero-order valence-electron chi connectivity index (χ0n) is 18.5. The van der Waals surface area contributed by atoms with Crippen LogP contribution >= 0.6 is 0 Å². The molecule has 4 aliphatic rings. The number of hydrogen-bond acceptors (Lipinski definition) is 6. The molecule has 0 amide bonds. The predicted molar refractivity (Wildman–Crippen MR) is 110 cm³/mol. The maximum atomic E-state index is 17.0. The van der Waals surface area contributed by atoms with Crippen LogP contribution < -0.4 is 0 Å². The molecule has 0 aromatic rings. The number of esters is 1. The van der Waals surface area contributed by atoms with Crippen LogP contribution in [0.4, 0.5) is 4.39 Å². The van der Waals surface area contributed by atoms with E-state index in [0.717, 1.165) is 0 Å². The van der Waals surface area contributed by atoms with E-state index < -0.39 is 52.0 Å². The highest BCUT2D eigenvalue weighted by Crippen LogP contribution is 2.69. The van der Waals surface area contributed by atoms with E-state index in [9.17, 15) is 24.6 Å². The Morgan fingerprint density at radius 1 is 1.26 bits per heavy atom. The first-order valence-corrected chi connectivity index (χ1v) is 11.1. The topological polar surface area (TPSA) is 101 Å². The Labute approximate surface area is 181 Å². The van der Waals surface area contributed by atoms with Gasteiger partial charge in [-0.15, -0.1) is 0 Å². The van der Waals surface area contributed by atoms with Crippen molar-refractivity contribution in [2.75, 3.05) is 0 Å². The minimum absolute atomic E-state index is 0.0929. The Hall–Kier alpha value is -1.86. The summed E-state index contributed by atoms with van der Waals surface area (Å²) in [6.45, 7) is 6.11. The molecule has 3 saturated carbocycles. The number of aliphatic hydroxyl groups excluding tert-OH is 1. The van der Waals surface area contributed by atoms with Gasteiger partial charge in [0.05, 0.1) is 6.10 Å². The SMILES string of the molecule is CC(=O)O[C@@H](C)C(=O)[C@]1(O)CC[C@@H]2[C@H]3CCC4=CC(=O)C=C[C@]4(C)[C@]3(F)[C@@H](O)C[C@@]21C. The van der Waals surface area contributed by atoms with E-state index >= 15 is 4.39 Å². The van der Waals surface area contributed by atoms with Crippen molar-refractivity contribution in [3.05, 3.63) is 23.8 Å². The zero-order valence-corrected chi connectivity index (χ0v) is 18.5. The van der Waals surface area contributed by atoms with Crippen molar-refractivity contribution in [1.82, 2.24) is 0 Å². The number of carbonyl (C=O) groups excluding carboxylic acids is 3. The molecule has 0 heterocycles. The van der Waals surface area contributed by atoms with E-state index in [1.54, 1.807) is 19.9 Å². The number of aliphatic hydroxyl groups is 2. The monoisotopic (exact) mass is 434 g/mol. The summed E-state index contributed by atoms with van der Waals surface area (Å²) in [6, 6.07) is 0. The Morgan fingerprint density at radius 2 is 1.94 bits per heavy atom. The maximum Gasteiger partial charge on any atom is 0.303 e. The third kappa shape index (κ3) is 2.72. The van der Waals surface area contributed by atoms with Crippen molar-refractivity contribution in [2.24, 2.45) is 22.7 Å². The van der Waals surface area contributed by atoms with Crippen LogP contribution in [0.1, 0.15) is 59.8 Å². The molecule has 0 radical (unpaired) electrons. The van der Waals surface area contributed by atoms with Gasteiger partial charge in [-0.2, -0.15) is 0 Å². The Balaban J connectivity index is 1.73. The smallest absolute Gasteiger partial charge is 0.303 e. The maximum absolute atomic E-state index is 17.0. The van der Waals surface area contributed by atoms with E-state index in [1.165, 1.54) is 26.0 Å². The van der Waals surface area contributed by atoms with Crippen LogP contribution in [0.5, 0.6) is 0 Å². The summed E-state index contributed by atoms with van der Waals surface area (Å²) in [7, 11) is 0. The summed E-state index contributed by atoms with van der Waals surface area (Å²) in [6.07, 6.45) is 3.31. The van der Waals surface area contributed by atoms with Crippen molar-refractivity contribution in [1.29, 1.82) is 0 Å². The highest BCUT2D eigenvalue weighted by Gasteiger charge is 2.74. The van der Waals surface area contributed by atoms with E-state index in [2.05, 4.69) is 0 Å². The van der Waals surface area contributed by atoms with Crippen LogP contribution in [0, 0.1) is 22.7 Å². The lowest BCUT2D eigenvalue weighted by atomic mass is 9.44. The van der Waals surface area contributed by atoms with Gasteiger partial charge < -0.3 is 14.9 Å². The fourth-order valence-electron chi connectivity index (χ4n) is 7.26. The number of hydrogen-bond donors (Lipinski definition) is 2. The van der Waals surface area contributed by atoms with Gasteiger partial charge in [-0.05, 0) is 64.0 Å². The first kappa shape index (κ1) is 22.3. The first-order chi connectivity index (χ1) is 14.3. The normalized spacial score (nSPS) is 47.0. The molecule has 8 atom stereocenters. The lowest BCUT2D eigenvalue weighted by Gasteiger charge is -2.62. The molecule has 6 nitrogen and oxygen atoms in total. The molecule has 31 heavy (non-hydrogen) atoms. The number of allylic oxidation sites excluding steroid dienone is 4. The van der Waals surface area contributed by atoms with Gasteiger partial charge in [0.2, 0.25) is 5.78 Å². The molecular formula is C24H31FO6. The molecule has 7 heteroatoms. The molecule has 3 fully saturated rings. The Bertz CT molecular complexity index is 910. The van der Waals surface area contributed by atoms with Crippen LogP contribution in [0.2, 0.25) is 0 Å². The second-order valence-corrected chi connectivity index (χ2v) is 10.3. The van der Waals surface area contributed by atoms with Crippen molar-refractivity contribution >= 4 is 17.5 Å². The summed E-state index contributed by atoms with van der Waals surface area (Å²) in [5.74, 6) is -2.30. The number of fused-ring (bicyclic) bond motifs is 5. The summed E-state index contributed by atoms with van der Waals surface area (Å²) in [5, 5.41) is 22.8. The second kappa shape index (κ2) is 6.82. The van der Waals surface area contributed by atoms with Gasteiger partial charge >= 0.3 is 5.97 Å². The number of alkyl halides is 1. The minimum Gasteiger partial charge on any atom is -0.455 e. The molecule has 4 aliphatic carbocycles. The molecule has 0 saturated heterocycles. The number of ketones is 2. The summed E-state index contributed by atoms with van der Waals surface area (Å²) < 4.78 is 22.0. The third-order valence-electron chi connectivity index (χ3n) is 8.91. The largest absolute Gasteiger partial charge is 0.455 e. The number of rotatable bonds is 3. The Kier molecular flexibility index (Phi) is 4.91. The lowest BCUT2D eigenvalue weighted by Crippen LogP contribution is -2.69. The molecule has 0 aromatic carbocycles. The lowest BCUT2D eigenvalue weighted by molar-refractivity contribution is -0.219. The second-order valence-electron chi connectivity index (χ2n) is 10.3. The van der Waals surface area contributed by atoms with E-state index in [1.807, 2.05) is 0 Å². The molecule has 4 rings (SSSR count). The van der Waals surface area contributed by atoms with Gasteiger partial charge in [0.1, 0.15) is 5.60 Å². The number of carbonyl (C=O) groups is 3. The van der Waals surface area contributed by atoms with Crippen molar-refractivity contribution in [2.45, 2.75) is 83.3 Å². The highest BCUT2D eigenvalue weighted by molar-refractivity contribution is 6.01. The summed E-state index contributed by atoms with van der Waals surface area (Å²) >= 11 is 0. The quantitative estimate of drug-likeness (QED) is 0.663. The van der Waals surface area contributed by atoms with Crippen LogP contribution in [-0.2, 0) is 19.1 Å². The number of Topliss-reactive ketones (excluding diaryl/α,β-unsaturated/α-hetero) is 1. The first-order valence-electron chi connectivity index (χ1n) is 11.1. The molecule has 0 unspecified atom stereocenters. The predicted octanol–water partition coefficient (Wildman–Crippen LogP) is 2.61. The zero-order chi connectivity index (χ0) is 23.0. The molecule has 0 bridgehead atoms. The van der Waals surface area contributed by atoms with Gasteiger partial charge in [0, 0.05) is 23.7 Å². The summed E-state index contributed by atoms with van der Waals surface area (Å²) in [5.41, 5.74) is -5.29. The molecule has 0 spiro atoms. The van der Waals surface area contributed by atoms with Gasteiger partial charge in [0.15, 0.2) is 17.6 Å².